The standard InChI is InChI=1S/C11H10BrF3N2O3S/c12-7-3-6(9(18)19)4-8(5-7)17-10(20)16-1-2-21-11(13,14)15/h3-5H,1-2H2,(H,18,19)(H2,16,17,20). The molecule has 10 heteroatoms. The molecule has 3 N–H and O–H groups in total. The van der Waals surface area contributed by atoms with Crippen LogP contribution in [0.4, 0.5) is 23.7 Å². The number of hydrogen-bond donors (Lipinski definition) is 3. The quantitative estimate of drug-likeness (QED) is 0.676. The summed E-state index contributed by atoms with van der Waals surface area (Å²) in [4.78, 5) is 22.3. The molecule has 0 atom stereocenters. The molecule has 0 saturated carbocycles. The molecule has 1 aromatic carbocycles. The van der Waals surface area contributed by atoms with E-state index < -0.39 is 17.5 Å². The second-order valence-corrected chi connectivity index (χ2v) is 5.78. The van der Waals surface area contributed by atoms with Crippen molar-refractivity contribution in [1.29, 1.82) is 0 Å². The van der Waals surface area contributed by atoms with E-state index in [-0.39, 0.29) is 35.3 Å². The number of aromatic carboxylic acids is 1. The highest BCUT2D eigenvalue weighted by Crippen LogP contribution is 2.29. The molecule has 1 aromatic rings. The van der Waals surface area contributed by atoms with Gasteiger partial charge < -0.3 is 15.7 Å². The molecule has 0 fully saturated rings. The lowest BCUT2D eigenvalue weighted by atomic mass is 10.2. The van der Waals surface area contributed by atoms with Gasteiger partial charge in [-0.15, -0.1) is 0 Å². The minimum Gasteiger partial charge on any atom is -0.478 e. The first-order valence-corrected chi connectivity index (χ1v) is 7.24. The van der Waals surface area contributed by atoms with Crippen molar-refractivity contribution >= 4 is 45.4 Å². The van der Waals surface area contributed by atoms with Crippen LogP contribution in [0.3, 0.4) is 0 Å². The van der Waals surface area contributed by atoms with Crippen LogP contribution in [0.5, 0.6) is 0 Å². The molecule has 21 heavy (non-hydrogen) atoms. The molecule has 0 aliphatic carbocycles. The van der Waals surface area contributed by atoms with Gasteiger partial charge in [-0.3, -0.25) is 0 Å². The van der Waals surface area contributed by atoms with E-state index in [4.69, 9.17) is 5.11 Å². The van der Waals surface area contributed by atoms with Crippen molar-refractivity contribution in [3.63, 3.8) is 0 Å². The van der Waals surface area contributed by atoms with Crippen LogP contribution in [-0.4, -0.2) is 34.9 Å². The maximum absolute atomic E-state index is 11.9. The van der Waals surface area contributed by atoms with Gasteiger partial charge in [-0.2, -0.15) is 13.2 Å². The summed E-state index contributed by atoms with van der Waals surface area (Å²) in [6, 6.07) is 3.34. The summed E-state index contributed by atoms with van der Waals surface area (Å²) in [5.74, 6) is -1.48. The van der Waals surface area contributed by atoms with Crippen LogP contribution in [0.1, 0.15) is 10.4 Å². The number of hydrogen-bond acceptors (Lipinski definition) is 3. The second-order valence-electron chi connectivity index (χ2n) is 3.71. The van der Waals surface area contributed by atoms with Crippen molar-refractivity contribution in [2.45, 2.75) is 5.51 Å². The second kappa shape index (κ2) is 7.55. The van der Waals surface area contributed by atoms with Crippen LogP contribution in [0.25, 0.3) is 0 Å². The maximum Gasteiger partial charge on any atom is 0.441 e. The molecule has 0 aromatic heterocycles. The zero-order valence-corrected chi connectivity index (χ0v) is 12.7. The van der Waals surface area contributed by atoms with Crippen molar-refractivity contribution < 1.29 is 27.9 Å². The number of carbonyl (C=O) groups is 2. The Bertz CT molecular complexity index is 540. The van der Waals surface area contributed by atoms with Gasteiger partial charge in [-0.1, -0.05) is 15.9 Å². The Labute approximate surface area is 130 Å². The summed E-state index contributed by atoms with van der Waals surface area (Å²) in [6.45, 7) is -0.171. The van der Waals surface area contributed by atoms with E-state index in [2.05, 4.69) is 26.6 Å². The Hall–Kier alpha value is -1.42. The SMILES string of the molecule is O=C(NCCSC(F)(F)F)Nc1cc(Br)cc(C(=O)O)c1. The smallest absolute Gasteiger partial charge is 0.441 e. The van der Waals surface area contributed by atoms with Gasteiger partial charge in [0.05, 0.1) is 5.56 Å². The summed E-state index contributed by atoms with van der Waals surface area (Å²) in [5.41, 5.74) is -4.16. The first-order chi connectivity index (χ1) is 9.67. The van der Waals surface area contributed by atoms with Gasteiger partial charge in [-0.05, 0) is 30.0 Å². The largest absolute Gasteiger partial charge is 0.478 e. The van der Waals surface area contributed by atoms with Gasteiger partial charge in [-0.25, -0.2) is 9.59 Å². The minimum atomic E-state index is -4.33. The molecule has 0 unspecified atom stereocenters. The lowest BCUT2D eigenvalue weighted by molar-refractivity contribution is -0.0327. The monoisotopic (exact) mass is 386 g/mol. The number of anilines is 1. The molecule has 0 bridgehead atoms. The fraction of sp³-hybridized carbons (Fsp3) is 0.273. The summed E-state index contributed by atoms with van der Waals surface area (Å²) >= 11 is 2.86. The van der Waals surface area contributed by atoms with Crippen molar-refractivity contribution in [3.8, 4) is 0 Å². The van der Waals surface area contributed by atoms with Crippen LogP contribution >= 0.6 is 27.7 Å². The van der Waals surface area contributed by atoms with E-state index in [9.17, 15) is 22.8 Å². The Balaban J connectivity index is 2.50. The Kier molecular flexibility index (Phi) is 6.34. The van der Waals surface area contributed by atoms with Crippen molar-refractivity contribution in [2.75, 3.05) is 17.6 Å². The van der Waals surface area contributed by atoms with Crippen LogP contribution < -0.4 is 10.6 Å². The van der Waals surface area contributed by atoms with Crippen LogP contribution in [-0.2, 0) is 0 Å². The van der Waals surface area contributed by atoms with Gasteiger partial charge in [0, 0.05) is 22.5 Å². The Morgan fingerprint density at radius 1 is 1.29 bits per heavy atom. The molecule has 2 amide bonds. The molecule has 5 nitrogen and oxygen atoms in total. The van der Waals surface area contributed by atoms with Gasteiger partial charge in [0.15, 0.2) is 0 Å². The number of thioether (sulfide) groups is 1. The minimum absolute atomic E-state index is 0.0349. The fourth-order valence-electron chi connectivity index (χ4n) is 1.29. The summed E-state index contributed by atoms with van der Waals surface area (Å²) in [7, 11) is 0. The third kappa shape index (κ3) is 7.23. The molecule has 0 heterocycles. The average molecular weight is 387 g/mol. The number of carbonyl (C=O) groups excluding carboxylic acids is 1. The fourth-order valence-corrected chi connectivity index (χ4v) is 2.22. The number of alkyl halides is 3. The normalized spacial score (nSPS) is 11.0. The highest BCUT2D eigenvalue weighted by Gasteiger charge is 2.27. The predicted molar refractivity (Wildman–Crippen MR) is 76.6 cm³/mol. The number of urea groups is 1. The van der Waals surface area contributed by atoms with Crippen molar-refractivity contribution in [1.82, 2.24) is 5.32 Å². The summed E-state index contributed by atoms with van der Waals surface area (Å²) < 4.78 is 36.0. The number of halogens is 4. The molecule has 1 rings (SSSR count). The number of rotatable bonds is 5. The lowest BCUT2D eigenvalue weighted by Gasteiger charge is -2.09. The topological polar surface area (TPSA) is 78.4 Å². The molecular weight excluding hydrogens is 377 g/mol. The van der Waals surface area contributed by atoms with Gasteiger partial charge in [0.1, 0.15) is 0 Å². The van der Waals surface area contributed by atoms with E-state index in [0.29, 0.717) is 4.47 Å². The van der Waals surface area contributed by atoms with Crippen LogP contribution in [0.15, 0.2) is 22.7 Å². The van der Waals surface area contributed by atoms with E-state index in [1.807, 2.05) is 0 Å². The summed E-state index contributed by atoms with van der Waals surface area (Å²) in [6.07, 6.45) is 0. The van der Waals surface area contributed by atoms with Crippen molar-refractivity contribution in [2.24, 2.45) is 0 Å². The molecule has 0 spiro atoms. The van der Waals surface area contributed by atoms with Gasteiger partial charge in [0.2, 0.25) is 0 Å². The first kappa shape index (κ1) is 17.6. The van der Waals surface area contributed by atoms with Gasteiger partial charge >= 0.3 is 17.5 Å². The number of carboxylic acids is 1. The predicted octanol–water partition coefficient (Wildman–Crippen LogP) is 3.52. The molecule has 116 valence electrons. The van der Waals surface area contributed by atoms with E-state index in [1.165, 1.54) is 18.2 Å². The molecule has 0 aliphatic rings. The number of amides is 2. The highest BCUT2D eigenvalue weighted by atomic mass is 79.9. The highest BCUT2D eigenvalue weighted by molar-refractivity contribution is 9.10. The Morgan fingerprint density at radius 3 is 2.52 bits per heavy atom. The first-order valence-electron chi connectivity index (χ1n) is 5.47. The lowest BCUT2D eigenvalue weighted by Crippen LogP contribution is -2.31. The Morgan fingerprint density at radius 2 is 1.95 bits per heavy atom. The molecular formula is C11H10BrF3N2O3S. The average Bonchev–Trinajstić information content (AvgIpc) is 2.32. The van der Waals surface area contributed by atoms with E-state index in [1.54, 1.807) is 0 Å². The number of nitrogens with one attached hydrogen (secondary N) is 2. The molecule has 0 aliphatic heterocycles. The number of benzene rings is 1. The van der Waals surface area contributed by atoms with Crippen molar-refractivity contribution in [3.05, 3.63) is 28.2 Å². The third-order valence-corrected chi connectivity index (χ3v) is 3.25. The molecule has 0 radical (unpaired) electrons. The molecule has 0 saturated heterocycles. The van der Waals surface area contributed by atoms with E-state index in [0.717, 1.165) is 0 Å². The maximum atomic E-state index is 11.9. The summed E-state index contributed by atoms with van der Waals surface area (Å²) in [5, 5.41) is 13.4. The van der Waals surface area contributed by atoms with E-state index >= 15 is 0 Å². The third-order valence-electron chi connectivity index (χ3n) is 2.06. The van der Waals surface area contributed by atoms with Crippen LogP contribution in [0.2, 0.25) is 0 Å². The van der Waals surface area contributed by atoms with Crippen LogP contribution in [0, 0.1) is 0 Å². The number of carboxylic acid groups (broad SMARTS) is 1. The van der Waals surface area contributed by atoms with Gasteiger partial charge in [0.25, 0.3) is 0 Å². The zero-order valence-electron chi connectivity index (χ0n) is 10.3. The zero-order chi connectivity index (χ0) is 16.0.